The van der Waals surface area contributed by atoms with Crippen molar-refractivity contribution in [2.24, 2.45) is 0 Å². The molecule has 19 heavy (non-hydrogen) atoms. The Morgan fingerprint density at radius 1 is 1.53 bits per heavy atom. The molecule has 0 aliphatic heterocycles. The second-order valence-electron chi connectivity index (χ2n) is 3.85. The number of rotatable bonds is 4. The molecule has 0 aliphatic rings. The number of nitrogens with one attached hydrogen (secondary N) is 1. The van der Waals surface area contributed by atoms with Gasteiger partial charge in [0.25, 0.3) is 0 Å². The molecule has 1 aromatic heterocycles. The molecule has 0 unspecified atom stereocenters. The Morgan fingerprint density at radius 3 is 3.00 bits per heavy atom. The van der Waals surface area contributed by atoms with Crippen LogP contribution >= 0.6 is 23.4 Å². The second kappa shape index (κ2) is 5.99. The number of hydrogen-bond donors (Lipinski definition) is 2. The van der Waals surface area contributed by atoms with Crippen LogP contribution in [0, 0.1) is 6.92 Å². The maximum Gasteiger partial charge on any atom is 0.237 e. The number of amides is 1. The number of nitrogens with two attached hydrogens (primary N) is 1. The molecule has 100 valence electrons. The Bertz CT molecular complexity index is 600. The lowest BCUT2D eigenvalue weighted by molar-refractivity contribution is -0.113. The van der Waals surface area contributed by atoms with Crippen LogP contribution in [0.3, 0.4) is 0 Å². The molecule has 0 atom stereocenters. The number of anilines is 2. The van der Waals surface area contributed by atoms with Gasteiger partial charge in [-0.05, 0) is 25.1 Å². The number of nitrogens with zero attached hydrogens (tertiary/aromatic N) is 1. The van der Waals surface area contributed by atoms with E-state index in [9.17, 15) is 4.79 Å². The number of benzene rings is 1. The fraction of sp³-hybridized carbons (Fsp3) is 0.167. The quantitative estimate of drug-likeness (QED) is 0.670. The maximum absolute atomic E-state index is 11.7. The van der Waals surface area contributed by atoms with Crippen LogP contribution in [0.25, 0.3) is 0 Å². The van der Waals surface area contributed by atoms with Crippen molar-refractivity contribution in [2.75, 3.05) is 16.8 Å². The molecule has 7 heteroatoms. The van der Waals surface area contributed by atoms with Crippen LogP contribution < -0.4 is 11.1 Å². The first-order valence-corrected chi connectivity index (χ1v) is 6.82. The fourth-order valence-electron chi connectivity index (χ4n) is 1.37. The van der Waals surface area contributed by atoms with Crippen LogP contribution in [-0.2, 0) is 4.79 Å². The van der Waals surface area contributed by atoms with E-state index in [0.29, 0.717) is 22.3 Å². The van der Waals surface area contributed by atoms with E-state index >= 15 is 0 Å². The van der Waals surface area contributed by atoms with Crippen molar-refractivity contribution >= 4 is 40.8 Å². The van der Waals surface area contributed by atoms with E-state index in [1.807, 2.05) is 0 Å². The molecule has 0 saturated carbocycles. The summed E-state index contributed by atoms with van der Waals surface area (Å²) in [7, 11) is 0. The lowest BCUT2D eigenvalue weighted by Gasteiger charge is -2.05. The van der Waals surface area contributed by atoms with Crippen molar-refractivity contribution in [1.82, 2.24) is 5.16 Å². The minimum Gasteiger partial charge on any atom is -0.398 e. The van der Waals surface area contributed by atoms with Gasteiger partial charge in [0.05, 0.1) is 11.4 Å². The smallest absolute Gasteiger partial charge is 0.237 e. The average Bonchev–Trinajstić information content (AvgIpc) is 2.76. The Kier molecular flexibility index (Phi) is 4.34. The third-order valence-electron chi connectivity index (χ3n) is 2.22. The standard InChI is InChI=1S/C12H12ClN3O2S/c1-7-4-12(18-16-7)15-11(17)6-19-10-5-8(13)2-3-9(10)14/h2-5H,6,14H2,1H3,(H,15,17). The molecule has 2 aromatic rings. The summed E-state index contributed by atoms with van der Waals surface area (Å²) in [6.45, 7) is 1.78. The van der Waals surface area contributed by atoms with E-state index in [4.69, 9.17) is 21.9 Å². The molecule has 0 spiro atoms. The van der Waals surface area contributed by atoms with E-state index in [-0.39, 0.29) is 11.7 Å². The third-order valence-corrected chi connectivity index (χ3v) is 3.53. The summed E-state index contributed by atoms with van der Waals surface area (Å²) in [6, 6.07) is 6.80. The van der Waals surface area contributed by atoms with Crippen LogP contribution in [-0.4, -0.2) is 16.8 Å². The van der Waals surface area contributed by atoms with Gasteiger partial charge < -0.3 is 10.3 Å². The summed E-state index contributed by atoms with van der Waals surface area (Å²) in [5.41, 5.74) is 7.10. The number of thioether (sulfide) groups is 1. The Hall–Kier alpha value is -1.66. The summed E-state index contributed by atoms with van der Waals surface area (Å²) in [6.07, 6.45) is 0. The molecule has 0 radical (unpaired) electrons. The molecule has 0 saturated heterocycles. The van der Waals surface area contributed by atoms with Crippen molar-refractivity contribution in [2.45, 2.75) is 11.8 Å². The minimum atomic E-state index is -0.194. The van der Waals surface area contributed by atoms with Gasteiger partial charge in [0.2, 0.25) is 11.8 Å². The van der Waals surface area contributed by atoms with Crippen LogP contribution in [0.5, 0.6) is 0 Å². The second-order valence-corrected chi connectivity index (χ2v) is 5.31. The first-order valence-electron chi connectivity index (χ1n) is 5.45. The van der Waals surface area contributed by atoms with Gasteiger partial charge in [-0.25, -0.2) is 0 Å². The zero-order chi connectivity index (χ0) is 13.8. The highest BCUT2D eigenvalue weighted by atomic mass is 35.5. The molecule has 2 rings (SSSR count). The predicted molar refractivity (Wildman–Crippen MR) is 76.5 cm³/mol. The van der Waals surface area contributed by atoms with Crippen LogP contribution in [0.4, 0.5) is 11.6 Å². The maximum atomic E-state index is 11.7. The molecule has 1 amide bonds. The molecule has 0 bridgehead atoms. The van der Waals surface area contributed by atoms with Crippen molar-refractivity contribution in [3.05, 3.63) is 35.0 Å². The third kappa shape index (κ3) is 3.90. The highest BCUT2D eigenvalue weighted by Crippen LogP contribution is 2.28. The topological polar surface area (TPSA) is 81.2 Å². The SMILES string of the molecule is Cc1cc(NC(=O)CSc2cc(Cl)ccc2N)on1. The highest BCUT2D eigenvalue weighted by molar-refractivity contribution is 8.00. The zero-order valence-corrected chi connectivity index (χ0v) is 11.7. The Balaban J connectivity index is 1.91. The van der Waals surface area contributed by atoms with E-state index in [1.54, 1.807) is 31.2 Å². The molecule has 1 heterocycles. The van der Waals surface area contributed by atoms with Crippen molar-refractivity contribution < 1.29 is 9.32 Å². The number of aromatic nitrogens is 1. The van der Waals surface area contributed by atoms with E-state index in [2.05, 4.69) is 10.5 Å². The number of halogens is 1. The molecule has 0 fully saturated rings. The van der Waals surface area contributed by atoms with Crippen molar-refractivity contribution in [3.63, 3.8) is 0 Å². The van der Waals surface area contributed by atoms with Crippen molar-refractivity contribution in [3.8, 4) is 0 Å². The molecular formula is C12H12ClN3O2S. The van der Waals surface area contributed by atoms with Gasteiger partial charge in [-0.15, -0.1) is 11.8 Å². The molecule has 0 aliphatic carbocycles. The van der Waals surface area contributed by atoms with E-state index < -0.39 is 0 Å². The number of aryl methyl sites for hydroxylation is 1. The van der Waals surface area contributed by atoms with Gasteiger partial charge >= 0.3 is 0 Å². The molecule has 3 N–H and O–H groups in total. The van der Waals surface area contributed by atoms with E-state index in [1.165, 1.54) is 11.8 Å². The average molecular weight is 298 g/mol. The summed E-state index contributed by atoms with van der Waals surface area (Å²) in [4.78, 5) is 12.5. The minimum absolute atomic E-state index is 0.194. The van der Waals surface area contributed by atoms with Gasteiger partial charge in [0, 0.05) is 21.7 Å². The normalized spacial score (nSPS) is 10.4. The summed E-state index contributed by atoms with van der Waals surface area (Å²) in [5, 5.41) is 6.87. The number of nitrogen functional groups attached to an aromatic ring is 1. The largest absolute Gasteiger partial charge is 0.398 e. The molecule has 1 aromatic carbocycles. The molecule has 5 nitrogen and oxygen atoms in total. The van der Waals surface area contributed by atoms with Gasteiger partial charge in [0.1, 0.15) is 0 Å². The molecular weight excluding hydrogens is 286 g/mol. The van der Waals surface area contributed by atoms with Crippen LogP contribution in [0.2, 0.25) is 5.02 Å². The Labute approximate surface area is 119 Å². The fourth-order valence-corrected chi connectivity index (χ4v) is 2.41. The number of hydrogen-bond acceptors (Lipinski definition) is 5. The van der Waals surface area contributed by atoms with Gasteiger partial charge in [-0.3, -0.25) is 10.1 Å². The summed E-state index contributed by atoms with van der Waals surface area (Å²) in [5.74, 6) is 0.354. The number of carbonyl (C=O) groups is 1. The summed E-state index contributed by atoms with van der Waals surface area (Å²) >= 11 is 7.18. The Morgan fingerprint density at radius 2 is 2.32 bits per heavy atom. The lowest BCUT2D eigenvalue weighted by atomic mass is 10.3. The van der Waals surface area contributed by atoms with Crippen LogP contribution in [0.1, 0.15) is 5.69 Å². The van der Waals surface area contributed by atoms with Gasteiger partial charge in [-0.2, -0.15) is 0 Å². The van der Waals surface area contributed by atoms with Gasteiger partial charge in [-0.1, -0.05) is 16.8 Å². The highest BCUT2D eigenvalue weighted by Gasteiger charge is 2.09. The number of carbonyl (C=O) groups excluding carboxylic acids is 1. The van der Waals surface area contributed by atoms with Gasteiger partial charge in [0.15, 0.2) is 0 Å². The first kappa shape index (κ1) is 13.8. The predicted octanol–water partition coefficient (Wildman–Crippen LogP) is 2.95. The van der Waals surface area contributed by atoms with E-state index in [0.717, 1.165) is 4.90 Å². The van der Waals surface area contributed by atoms with Crippen molar-refractivity contribution in [1.29, 1.82) is 0 Å². The summed E-state index contributed by atoms with van der Waals surface area (Å²) < 4.78 is 4.89. The first-order chi connectivity index (χ1) is 9.04. The van der Waals surface area contributed by atoms with Crippen LogP contribution in [0.15, 0.2) is 33.7 Å². The lowest BCUT2D eigenvalue weighted by Crippen LogP contribution is -2.13. The zero-order valence-electron chi connectivity index (χ0n) is 10.1. The monoisotopic (exact) mass is 297 g/mol.